The molecule has 4 aliphatic heterocycles. The number of ether oxygens (including phenoxy) is 1. The van der Waals surface area contributed by atoms with Gasteiger partial charge in [-0.15, -0.1) is 0 Å². The minimum absolute atomic E-state index is 0.00858. The number of rotatable bonds is 11. The van der Waals surface area contributed by atoms with Crippen molar-refractivity contribution in [1.29, 1.82) is 5.26 Å². The molecule has 4 saturated heterocycles. The average Bonchev–Trinajstić information content (AvgIpc) is 3.71. The highest BCUT2D eigenvalue weighted by molar-refractivity contribution is 7.90. The zero-order valence-corrected chi connectivity index (χ0v) is 34.8. The van der Waals surface area contributed by atoms with Gasteiger partial charge in [0.15, 0.2) is 11.6 Å². The number of hydrogen-bond acceptors (Lipinski definition) is 10. The number of benzene rings is 4. The van der Waals surface area contributed by atoms with E-state index in [-0.39, 0.29) is 66.3 Å². The van der Waals surface area contributed by atoms with E-state index in [1.165, 1.54) is 35.2 Å². The third-order valence-corrected chi connectivity index (χ3v) is 14.0. The van der Waals surface area contributed by atoms with Crippen molar-refractivity contribution in [2.45, 2.75) is 50.1 Å². The maximum atomic E-state index is 15.2. The molecule has 0 radical (unpaired) electrons. The van der Waals surface area contributed by atoms with E-state index in [0.29, 0.717) is 34.7 Å². The molecule has 18 heteroatoms. The van der Waals surface area contributed by atoms with E-state index in [4.69, 9.17) is 4.74 Å². The average molecular weight is 881 g/mol. The molecule has 2 atom stereocenters. The van der Waals surface area contributed by atoms with E-state index >= 15 is 8.78 Å². The number of carbonyl (C=O) groups excluding carboxylic acids is 2. The van der Waals surface area contributed by atoms with E-state index in [0.717, 1.165) is 67.7 Å². The van der Waals surface area contributed by atoms with Gasteiger partial charge in [-0.3, -0.25) is 29.0 Å². The molecule has 0 saturated carbocycles. The topological polar surface area (TPSA) is 170 Å². The van der Waals surface area contributed by atoms with Crippen molar-refractivity contribution < 1.29 is 35.9 Å². The second kappa shape index (κ2) is 17.1. The number of aromatic nitrogens is 2. The van der Waals surface area contributed by atoms with Crippen molar-refractivity contribution in [3.05, 3.63) is 118 Å². The Morgan fingerprint density at radius 1 is 0.873 bits per heavy atom. The molecule has 9 rings (SSSR count). The lowest BCUT2D eigenvalue weighted by molar-refractivity contribution is -0.134. The molecule has 0 unspecified atom stereocenters. The summed E-state index contributed by atoms with van der Waals surface area (Å²) < 4.78 is 80.2. The lowest BCUT2D eigenvalue weighted by Crippen LogP contribution is -2.49. The zero-order valence-electron chi connectivity index (χ0n) is 34.0. The van der Waals surface area contributed by atoms with Crippen molar-refractivity contribution in [3.8, 4) is 23.3 Å². The summed E-state index contributed by atoms with van der Waals surface area (Å²) in [6.07, 6.45) is 2.78. The van der Waals surface area contributed by atoms with E-state index in [2.05, 4.69) is 24.8 Å². The molecule has 2 N–H and O–H groups in total. The van der Waals surface area contributed by atoms with Crippen LogP contribution in [0.5, 0.6) is 11.5 Å². The highest BCUT2D eigenvalue weighted by Crippen LogP contribution is 2.36. The van der Waals surface area contributed by atoms with Crippen LogP contribution in [0.3, 0.4) is 0 Å². The molecule has 5 aromatic rings. The lowest BCUT2D eigenvalue weighted by atomic mass is 9.85. The molecular weight excluding hydrogens is 838 g/mol. The van der Waals surface area contributed by atoms with Crippen LogP contribution in [0, 0.1) is 28.9 Å². The number of imide groups is 1. The van der Waals surface area contributed by atoms with Gasteiger partial charge in [0.05, 0.1) is 28.2 Å². The van der Waals surface area contributed by atoms with E-state index in [1.54, 1.807) is 12.1 Å². The van der Waals surface area contributed by atoms with Gasteiger partial charge >= 0.3 is 10.2 Å². The molecule has 14 nitrogen and oxygen atoms in total. The summed E-state index contributed by atoms with van der Waals surface area (Å²) in [6.45, 7) is 3.83. The smallest absolute Gasteiger partial charge is 0.301 e. The Hall–Kier alpha value is -6.29. The highest BCUT2D eigenvalue weighted by Gasteiger charge is 2.35. The summed E-state index contributed by atoms with van der Waals surface area (Å²) in [4.78, 5) is 46.7. The van der Waals surface area contributed by atoms with Crippen molar-refractivity contribution in [2.24, 2.45) is 5.92 Å². The van der Waals surface area contributed by atoms with Crippen LogP contribution in [0.25, 0.3) is 16.6 Å². The minimum Gasteiger partial charge on any atom is -0.453 e. The summed E-state index contributed by atoms with van der Waals surface area (Å²) in [5, 5.41) is 12.4. The summed E-state index contributed by atoms with van der Waals surface area (Å²) in [6, 6.07) is 20.8. The molecule has 5 heterocycles. The number of piperidine rings is 2. The van der Waals surface area contributed by atoms with Gasteiger partial charge in [0.1, 0.15) is 35.7 Å². The van der Waals surface area contributed by atoms with E-state index in [9.17, 15) is 32.5 Å². The highest BCUT2D eigenvalue weighted by atomic mass is 32.2. The monoisotopic (exact) mass is 880 g/mol. The Kier molecular flexibility index (Phi) is 11.4. The molecule has 0 spiro atoms. The Morgan fingerprint density at radius 2 is 1.63 bits per heavy atom. The number of hydrogen-bond donors (Lipinski definition) is 2. The number of alkyl halides is 1. The van der Waals surface area contributed by atoms with Crippen LogP contribution in [0.1, 0.15) is 60.6 Å². The third kappa shape index (κ3) is 8.60. The molecule has 4 fully saturated rings. The number of likely N-dealkylation sites (tertiary alicyclic amines) is 1. The van der Waals surface area contributed by atoms with Crippen LogP contribution in [-0.4, -0.2) is 91.0 Å². The summed E-state index contributed by atoms with van der Waals surface area (Å²) >= 11 is 0. The van der Waals surface area contributed by atoms with E-state index < -0.39 is 45.0 Å². The summed E-state index contributed by atoms with van der Waals surface area (Å²) in [5.41, 5.74) is 2.11. The lowest BCUT2D eigenvalue weighted by Gasteiger charge is -2.43. The molecule has 0 aliphatic carbocycles. The Morgan fingerprint density at radius 3 is 2.33 bits per heavy atom. The fourth-order valence-electron chi connectivity index (χ4n) is 9.01. The van der Waals surface area contributed by atoms with Crippen molar-refractivity contribution in [1.82, 2.24) is 24.1 Å². The van der Waals surface area contributed by atoms with Gasteiger partial charge in [-0.2, -0.15) is 18.0 Å². The molecule has 63 heavy (non-hydrogen) atoms. The number of halogens is 3. The van der Waals surface area contributed by atoms with Crippen LogP contribution >= 0.6 is 0 Å². The van der Waals surface area contributed by atoms with Crippen LogP contribution in [-0.2, 0) is 19.8 Å². The van der Waals surface area contributed by atoms with Crippen molar-refractivity contribution >= 4 is 44.3 Å². The van der Waals surface area contributed by atoms with Gasteiger partial charge < -0.3 is 14.5 Å². The first kappa shape index (κ1) is 42.0. The van der Waals surface area contributed by atoms with Crippen LogP contribution in [0.15, 0.2) is 83.9 Å². The number of carbonyl (C=O) groups is 2. The van der Waals surface area contributed by atoms with Crippen LogP contribution in [0.4, 0.5) is 24.5 Å². The number of fused-ring (bicyclic) bond motifs is 1. The normalized spacial score (nSPS) is 20.4. The molecule has 326 valence electrons. The molecule has 4 aliphatic rings. The maximum Gasteiger partial charge on any atom is 0.301 e. The van der Waals surface area contributed by atoms with Gasteiger partial charge in [-0.1, -0.05) is 12.1 Å². The molecule has 4 aromatic carbocycles. The fourth-order valence-corrected chi connectivity index (χ4v) is 10.3. The number of nitrogens with zero attached hydrogens (tertiary/aromatic N) is 6. The fraction of sp³-hybridized carbons (Fsp3) is 0.356. The molecule has 1 aromatic heterocycles. The molecule has 0 bridgehead atoms. The number of nitrogens with one attached hydrogen (secondary N) is 2. The number of nitriles is 1. The number of amides is 2. The number of anilines is 2. The SMILES string of the molecule is N#Cc1c(NS(=O)(=O)N2CC[C@@H](F)C2)ccc(F)c1Oc1ccc2ncn(-c3ccc(N4CCC(CN5CC(c6ccc([C@@H]7CCC(=O)NC7=O)cc6F)C5)CC4)cc3)c(=O)c2c1. The zero-order chi connectivity index (χ0) is 44.0. The van der Waals surface area contributed by atoms with Crippen molar-refractivity contribution in [3.63, 3.8) is 0 Å². The van der Waals surface area contributed by atoms with Gasteiger partial charge in [0, 0.05) is 63.8 Å². The Bertz CT molecular complexity index is 2820. The Labute approximate surface area is 361 Å². The first-order chi connectivity index (χ1) is 30.3. The minimum atomic E-state index is -4.24. The molecule has 2 amide bonds. The van der Waals surface area contributed by atoms with Crippen molar-refractivity contribution in [2.75, 3.05) is 55.4 Å². The predicted octanol–water partition coefficient (Wildman–Crippen LogP) is 5.86. The first-order valence-electron chi connectivity index (χ1n) is 20.9. The third-order valence-electron chi connectivity index (χ3n) is 12.5. The van der Waals surface area contributed by atoms with Gasteiger partial charge in [-0.05, 0) is 103 Å². The standard InChI is InChI=1S/C45H43F3N8O6S/c46-30-15-18-55(25-30)63(60,61)52-41-11-9-38(47)43(37(41)21-49)62-33-6-10-40-36(20-33)45(59)56(26-50-40)32-4-2-31(3-5-32)54-16-13-27(14-17-54)22-53-23-29(24-53)34-7-1-28(19-39(34)48)35-8-12-42(57)51-44(35)58/h1-7,9-11,19-20,26-27,29-30,35,52H,8,12-18,22-25H2,(H,51,57,58)/t30-,35+/m1/s1. The quantitative estimate of drug-likeness (QED) is 0.153. The van der Waals surface area contributed by atoms with Gasteiger partial charge in [0.25, 0.3) is 5.56 Å². The van der Waals surface area contributed by atoms with Gasteiger partial charge in [0.2, 0.25) is 11.8 Å². The summed E-state index contributed by atoms with van der Waals surface area (Å²) in [7, 11) is -4.24. The van der Waals surface area contributed by atoms with Crippen LogP contribution in [0.2, 0.25) is 0 Å². The second-order valence-electron chi connectivity index (χ2n) is 16.6. The molecular formula is C45H43F3N8O6S. The maximum absolute atomic E-state index is 15.2. The summed E-state index contributed by atoms with van der Waals surface area (Å²) in [5.74, 6) is -2.37. The van der Waals surface area contributed by atoms with E-state index in [1.807, 2.05) is 30.3 Å². The Balaban J connectivity index is 0.808. The first-order valence-corrected chi connectivity index (χ1v) is 22.3. The van der Waals surface area contributed by atoms with Crippen LogP contribution < -0.4 is 25.2 Å². The largest absolute Gasteiger partial charge is 0.453 e. The predicted molar refractivity (Wildman–Crippen MR) is 228 cm³/mol. The second-order valence-corrected chi connectivity index (χ2v) is 18.3. The van der Waals surface area contributed by atoms with Gasteiger partial charge in [-0.25, -0.2) is 18.2 Å².